The molecule has 0 heterocycles. The number of fused-ring (bicyclic) bond motifs is 2. The van der Waals surface area contributed by atoms with E-state index in [1.54, 1.807) is 0 Å². The van der Waals surface area contributed by atoms with Crippen molar-refractivity contribution < 1.29 is 14.7 Å². The van der Waals surface area contributed by atoms with Gasteiger partial charge in [-0.2, -0.15) is 0 Å². The van der Waals surface area contributed by atoms with Crippen LogP contribution >= 0.6 is 0 Å². The maximum absolute atomic E-state index is 9.68. The molecule has 0 aliphatic carbocycles. The smallest absolute Gasteiger partial charge is 0.511 e. The lowest BCUT2D eigenvalue weighted by atomic mass is 9.91. The Labute approximate surface area is 250 Å². The Morgan fingerprint density at radius 1 is 0.395 bits per heavy atom. The van der Waals surface area contributed by atoms with Crippen molar-refractivity contribution in [2.24, 2.45) is 0 Å². The second-order valence-electron chi connectivity index (χ2n) is 10.4. The van der Waals surface area contributed by atoms with Gasteiger partial charge >= 0.3 is 7.32 Å². The van der Waals surface area contributed by atoms with E-state index in [9.17, 15) is 10.0 Å². The molecule has 7 aromatic rings. The molecule has 0 amide bonds. The summed E-state index contributed by atoms with van der Waals surface area (Å²) >= 11 is 0. The van der Waals surface area contributed by atoms with E-state index in [0.29, 0.717) is 5.75 Å². The highest BCUT2D eigenvalue weighted by Gasteiger charge is 2.21. The fourth-order valence-electron chi connectivity index (χ4n) is 5.87. The normalized spacial score (nSPS) is 11.0. The molecule has 0 spiro atoms. The van der Waals surface area contributed by atoms with Crippen molar-refractivity contribution >= 4 is 45.9 Å². The van der Waals surface area contributed by atoms with Crippen LogP contribution in [-0.4, -0.2) is 17.4 Å². The molecule has 0 aliphatic heterocycles. The molecule has 5 heteroatoms. The second-order valence-corrected chi connectivity index (χ2v) is 10.4. The summed E-state index contributed by atoms with van der Waals surface area (Å²) in [5.74, 6) is 0.454. The van der Waals surface area contributed by atoms with Crippen molar-refractivity contribution in [2.75, 3.05) is 4.90 Å². The topological polar surface area (TPSA) is 52.9 Å². The molecule has 7 aromatic carbocycles. The van der Waals surface area contributed by atoms with E-state index in [4.69, 9.17) is 4.65 Å². The summed E-state index contributed by atoms with van der Waals surface area (Å²) in [6.07, 6.45) is 0. The van der Waals surface area contributed by atoms with E-state index in [2.05, 4.69) is 102 Å². The van der Waals surface area contributed by atoms with E-state index in [1.165, 1.54) is 11.1 Å². The van der Waals surface area contributed by atoms with Gasteiger partial charge < -0.3 is 19.6 Å². The Balaban J connectivity index is 1.34. The van der Waals surface area contributed by atoms with E-state index in [0.717, 1.165) is 49.7 Å². The lowest BCUT2D eigenvalue weighted by Gasteiger charge is -2.26. The van der Waals surface area contributed by atoms with Gasteiger partial charge in [-0.1, -0.05) is 121 Å². The van der Waals surface area contributed by atoms with Gasteiger partial charge in [0.1, 0.15) is 5.75 Å². The lowest BCUT2D eigenvalue weighted by molar-refractivity contribution is 0.291. The predicted octanol–water partition coefficient (Wildman–Crippen LogP) is 9.15. The number of hydrogen-bond acceptors (Lipinski definition) is 4. The molecule has 0 aliphatic rings. The lowest BCUT2D eigenvalue weighted by Crippen LogP contribution is -2.21. The molecule has 0 atom stereocenters. The molecule has 4 nitrogen and oxygen atoms in total. The molecule has 43 heavy (non-hydrogen) atoms. The molecule has 0 saturated heterocycles. The molecule has 0 unspecified atom stereocenters. The van der Waals surface area contributed by atoms with Gasteiger partial charge in [-0.3, -0.25) is 0 Å². The summed E-state index contributed by atoms with van der Waals surface area (Å²) in [7, 11) is -1.91. The summed E-state index contributed by atoms with van der Waals surface area (Å²) in [5.41, 5.74) is 7.66. The van der Waals surface area contributed by atoms with Crippen LogP contribution < -0.4 is 9.55 Å². The van der Waals surface area contributed by atoms with E-state index >= 15 is 0 Å². The van der Waals surface area contributed by atoms with Gasteiger partial charge in [0, 0.05) is 27.8 Å². The van der Waals surface area contributed by atoms with Crippen LogP contribution in [0.1, 0.15) is 0 Å². The van der Waals surface area contributed by atoms with Crippen LogP contribution in [-0.2, 0) is 0 Å². The summed E-state index contributed by atoms with van der Waals surface area (Å²) in [4.78, 5) is 2.26. The highest BCUT2D eigenvalue weighted by molar-refractivity contribution is 6.35. The van der Waals surface area contributed by atoms with Crippen molar-refractivity contribution in [1.29, 1.82) is 0 Å². The second kappa shape index (κ2) is 11.5. The Kier molecular flexibility index (Phi) is 7.09. The van der Waals surface area contributed by atoms with Crippen LogP contribution in [0, 0.1) is 0 Å². The van der Waals surface area contributed by atoms with Gasteiger partial charge in [-0.25, -0.2) is 0 Å². The molecule has 0 saturated carbocycles. The molecular weight excluding hydrogens is 529 g/mol. The molecule has 0 aromatic heterocycles. The monoisotopic (exact) mass is 557 g/mol. The summed E-state index contributed by atoms with van der Waals surface area (Å²) in [6.45, 7) is 0. The van der Waals surface area contributed by atoms with Crippen LogP contribution in [0.2, 0.25) is 0 Å². The van der Waals surface area contributed by atoms with Crippen molar-refractivity contribution in [3.05, 3.63) is 158 Å². The quantitative estimate of drug-likeness (QED) is 0.152. The minimum atomic E-state index is -1.91. The number of benzene rings is 7. The van der Waals surface area contributed by atoms with E-state index in [1.807, 2.05) is 60.7 Å². The minimum Gasteiger partial charge on any atom is -0.511 e. The third kappa shape index (κ3) is 5.12. The Morgan fingerprint density at radius 2 is 0.791 bits per heavy atom. The van der Waals surface area contributed by atoms with E-state index < -0.39 is 7.32 Å². The number of anilines is 3. The number of hydrogen-bond donors (Lipinski definition) is 2. The van der Waals surface area contributed by atoms with Gasteiger partial charge in [0.25, 0.3) is 0 Å². The zero-order chi connectivity index (χ0) is 29.2. The maximum Gasteiger partial charge on any atom is 0.707 e. The van der Waals surface area contributed by atoms with Crippen LogP contribution in [0.25, 0.3) is 43.8 Å². The first-order valence-electron chi connectivity index (χ1n) is 14.2. The van der Waals surface area contributed by atoms with Crippen LogP contribution in [0.4, 0.5) is 17.1 Å². The molecule has 7 rings (SSSR count). The Bertz CT molecular complexity index is 1950. The number of nitrogens with zero attached hydrogens (tertiary/aromatic N) is 1. The molecular formula is C38H28BNO3. The summed E-state index contributed by atoms with van der Waals surface area (Å²) in [5, 5.41) is 22.9. The third-order valence-electron chi connectivity index (χ3n) is 7.77. The maximum atomic E-state index is 9.68. The van der Waals surface area contributed by atoms with Crippen LogP contribution in [0.5, 0.6) is 5.75 Å². The van der Waals surface area contributed by atoms with Gasteiger partial charge in [0.2, 0.25) is 0 Å². The van der Waals surface area contributed by atoms with Crippen molar-refractivity contribution in [3.8, 4) is 28.0 Å². The zero-order valence-corrected chi connectivity index (χ0v) is 23.3. The third-order valence-corrected chi connectivity index (χ3v) is 7.77. The van der Waals surface area contributed by atoms with Gasteiger partial charge in [0.05, 0.1) is 0 Å². The van der Waals surface area contributed by atoms with Crippen molar-refractivity contribution in [2.45, 2.75) is 0 Å². The highest BCUT2D eigenvalue weighted by atomic mass is 16.6. The number of rotatable bonds is 7. The van der Waals surface area contributed by atoms with Gasteiger partial charge in [-0.15, -0.1) is 0 Å². The fourth-order valence-corrected chi connectivity index (χ4v) is 5.87. The first-order valence-corrected chi connectivity index (χ1v) is 14.2. The average molecular weight is 557 g/mol. The van der Waals surface area contributed by atoms with Crippen molar-refractivity contribution in [3.63, 3.8) is 0 Å². The van der Waals surface area contributed by atoms with Crippen LogP contribution in [0.3, 0.4) is 0 Å². The standard InChI is InChI=1S/C38H28BNO3/c41-39(42)43-38-35-17-9-7-15-33(35)37(34-16-8-10-18-36(34)38)29-21-25-32(26-22-29)40(30-13-5-2-6-14-30)31-23-19-28(20-24-31)27-11-3-1-4-12-27/h1-26,41-42H. The summed E-state index contributed by atoms with van der Waals surface area (Å²) in [6, 6.07) is 53.9. The fraction of sp³-hybridized carbons (Fsp3) is 0. The zero-order valence-electron chi connectivity index (χ0n) is 23.3. The van der Waals surface area contributed by atoms with Crippen LogP contribution in [0.15, 0.2) is 158 Å². The molecule has 206 valence electrons. The predicted molar refractivity (Wildman–Crippen MR) is 178 cm³/mol. The Hall–Kier alpha value is -5.36. The van der Waals surface area contributed by atoms with Gasteiger partial charge in [-0.05, 0) is 69.4 Å². The average Bonchev–Trinajstić information content (AvgIpc) is 3.06. The molecule has 2 N–H and O–H groups in total. The highest BCUT2D eigenvalue weighted by Crippen LogP contribution is 2.44. The van der Waals surface area contributed by atoms with Crippen molar-refractivity contribution in [1.82, 2.24) is 0 Å². The Morgan fingerprint density at radius 3 is 1.30 bits per heavy atom. The molecule has 0 radical (unpaired) electrons. The van der Waals surface area contributed by atoms with E-state index in [-0.39, 0.29) is 0 Å². The molecule has 0 bridgehead atoms. The van der Waals surface area contributed by atoms with Gasteiger partial charge in [0.15, 0.2) is 0 Å². The molecule has 0 fully saturated rings. The largest absolute Gasteiger partial charge is 0.707 e. The summed E-state index contributed by atoms with van der Waals surface area (Å²) < 4.78 is 5.52. The number of para-hydroxylation sites is 1. The SMILES string of the molecule is OB(O)Oc1c2ccccc2c(-c2ccc(N(c3ccccc3)c3ccc(-c4ccccc4)cc3)cc2)c2ccccc12. The first-order chi connectivity index (χ1) is 21.2. The minimum absolute atomic E-state index is 0.454. The first kappa shape index (κ1) is 26.5.